The normalized spacial score (nSPS) is 38.8. The van der Waals surface area contributed by atoms with Crippen LogP contribution in [0.4, 0.5) is 0 Å². The molecule has 0 aliphatic heterocycles. The molecule has 4 bridgehead atoms. The third-order valence-electron chi connectivity index (χ3n) is 6.77. The van der Waals surface area contributed by atoms with Crippen LogP contribution in [0.1, 0.15) is 38.1 Å². The molecule has 3 aromatic rings. The van der Waals surface area contributed by atoms with Gasteiger partial charge >= 0.3 is 0 Å². The first-order valence-corrected chi connectivity index (χ1v) is 8.85. The van der Waals surface area contributed by atoms with Crippen molar-refractivity contribution < 1.29 is 5.11 Å². The van der Waals surface area contributed by atoms with E-state index < -0.39 is 0 Å². The van der Waals surface area contributed by atoms with E-state index in [1.54, 1.807) is 0 Å². The van der Waals surface area contributed by atoms with Gasteiger partial charge in [0, 0.05) is 35.4 Å². The van der Waals surface area contributed by atoms with Gasteiger partial charge in [-0.2, -0.15) is 0 Å². The van der Waals surface area contributed by atoms with Crippen LogP contribution in [0.3, 0.4) is 0 Å². The summed E-state index contributed by atoms with van der Waals surface area (Å²) in [5, 5.41) is 13.3. The van der Waals surface area contributed by atoms with Gasteiger partial charge in [0.05, 0.1) is 11.1 Å². The second-order valence-corrected chi connectivity index (χ2v) is 8.21. The summed E-state index contributed by atoms with van der Waals surface area (Å²) in [6.45, 7) is 0. The molecule has 0 saturated heterocycles. The lowest BCUT2D eigenvalue weighted by atomic mass is 9.52. The molecule has 4 nitrogen and oxygen atoms in total. The van der Waals surface area contributed by atoms with Crippen molar-refractivity contribution in [3.63, 3.8) is 0 Å². The average molecular weight is 307 g/mol. The van der Waals surface area contributed by atoms with Crippen LogP contribution in [-0.2, 0) is 0 Å². The maximum atomic E-state index is 10.8. The maximum absolute atomic E-state index is 10.8. The molecule has 0 aromatic carbocycles. The van der Waals surface area contributed by atoms with Gasteiger partial charge in [0.25, 0.3) is 0 Å². The zero-order chi connectivity index (χ0) is 15.2. The molecule has 3 aromatic heterocycles. The number of fused-ring (bicyclic) bond motifs is 3. The van der Waals surface area contributed by atoms with E-state index in [0.29, 0.717) is 17.9 Å². The maximum Gasteiger partial charge on any atom is 0.139 e. The Hall–Kier alpha value is -1.81. The third kappa shape index (κ3) is 1.57. The standard InChI is InChI=1S/C19H21N3O/c23-19-7-11-5-13(8-19)16(14(6-11)9-19)22-4-2-12-10-21-18-15(17(12)22)1-3-20-18/h1-4,10-11,13-14,16,23H,5-9H2,(H,20,21)/t11?,13-,14+,16+,19+. The van der Waals surface area contributed by atoms with Crippen LogP contribution >= 0.6 is 0 Å². The monoisotopic (exact) mass is 307 g/mol. The summed E-state index contributed by atoms with van der Waals surface area (Å²) in [5.41, 5.74) is 1.93. The molecule has 0 radical (unpaired) electrons. The van der Waals surface area contributed by atoms with Crippen LogP contribution in [0.25, 0.3) is 21.9 Å². The van der Waals surface area contributed by atoms with Crippen LogP contribution in [-0.4, -0.2) is 25.2 Å². The Morgan fingerprint density at radius 1 is 1.17 bits per heavy atom. The lowest BCUT2D eigenvalue weighted by Gasteiger charge is -2.58. The molecule has 1 unspecified atom stereocenters. The summed E-state index contributed by atoms with van der Waals surface area (Å²) in [6.07, 6.45) is 11.8. The Morgan fingerprint density at radius 2 is 2.00 bits per heavy atom. The fraction of sp³-hybridized carbons (Fsp3) is 0.526. The van der Waals surface area contributed by atoms with Crippen molar-refractivity contribution in [2.45, 2.75) is 43.7 Å². The van der Waals surface area contributed by atoms with Gasteiger partial charge in [-0.05, 0) is 62.0 Å². The Kier molecular flexibility index (Phi) is 2.18. The van der Waals surface area contributed by atoms with Gasteiger partial charge in [-0.25, -0.2) is 4.98 Å². The second kappa shape index (κ2) is 3.99. The molecule has 4 saturated carbocycles. The van der Waals surface area contributed by atoms with Gasteiger partial charge in [0.1, 0.15) is 5.65 Å². The highest BCUT2D eigenvalue weighted by molar-refractivity contribution is 6.02. The fourth-order valence-electron chi connectivity index (χ4n) is 6.31. The largest absolute Gasteiger partial charge is 0.390 e. The van der Waals surface area contributed by atoms with E-state index in [1.807, 2.05) is 12.4 Å². The molecule has 4 fully saturated rings. The molecular formula is C19H21N3O. The number of rotatable bonds is 1. The number of hydrogen-bond acceptors (Lipinski definition) is 2. The van der Waals surface area contributed by atoms with Crippen molar-refractivity contribution in [2.24, 2.45) is 17.8 Å². The Labute approximate surface area is 134 Å². The average Bonchev–Trinajstić information content (AvgIpc) is 3.10. The minimum atomic E-state index is -0.360. The number of aliphatic hydroxyl groups is 1. The van der Waals surface area contributed by atoms with Crippen LogP contribution in [0.15, 0.2) is 30.7 Å². The lowest BCUT2D eigenvalue weighted by Crippen LogP contribution is -2.54. The topological polar surface area (TPSA) is 53.8 Å². The summed E-state index contributed by atoms with van der Waals surface area (Å²) in [4.78, 5) is 7.76. The summed E-state index contributed by atoms with van der Waals surface area (Å²) in [5.74, 6) is 2.01. The summed E-state index contributed by atoms with van der Waals surface area (Å²) < 4.78 is 2.52. The van der Waals surface area contributed by atoms with Crippen molar-refractivity contribution in [3.05, 3.63) is 30.7 Å². The van der Waals surface area contributed by atoms with Gasteiger partial charge in [0.2, 0.25) is 0 Å². The second-order valence-electron chi connectivity index (χ2n) is 8.21. The third-order valence-corrected chi connectivity index (χ3v) is 6.77. The number of nitrogens with one attached hydrogen (secondary N) is 1. The van der Waals surface area contributed by atoms with Crippen molar-refractivity contribution in [1.82, 2.24) is 14.5 Å². The van der Waals surface area contributed by atoms with E-state index >= 15 is 0 Å². The molecule has 23 heavy (non-hydrogen) atoms. The first kappa shape index (κ1) is 12.6. The first-order valence-electron chi connectivity index (χ1n) is 8.85. The van der Waals surface area contributed by atoms with Crippen LogP contribution in [0.2, 0.25) is 0 Å². The highest BCUT2D eigenvalue weighted by Gasteiger charge is 2.55. The van der Waals surface area contributed by atoms with Gasteiger partial charge in [-0.15, -0.1) is 0 Å². The summed E-state index contributed by atoms with van der Waals surface area (Å²) in [7, 11) is 0. The summed E-state index contributed by atoms with van der Waals surface area (Å²) >= 11 is 0. The zero-order valence-corrected chi connectivity index (χ0v) is 13.1. The highest BCUT2D eigenvalue weighted by atomic mass is 16.3. The Bertz CT molecular complexity index is 907. The molecule has 0 spiro atoms. The molecule has 2 N–H and O–H groups in total. The number of pyridine rings is 1. The van der Waals surface area contributed by atoms with Crippen LogP contribution in [0, 0.1) is 17.8 Å². The fourth-order valence-corrected chi connectivity index (χ4v) is 6.31. The SMILES string of the molecule is O[C@@]12CC3C[C@H](C1)[C@H](n1ccc4cnc5[nH]ccc5c41)[C@@H](C3)C2. The molecule has 3 heterocycles. The smallest absolute Gasteiger partial charge is 0.139 e. The molecule has 5 atom stereocenters. The van der Waals surface area contributed by atoms with E-state index in [-0.39, 0.29) is 5.60 Å². The molecule has 4 aliphatic rings. The highest BCUT2D eigenvalue weighted by Crippen LogP contribution is 2.60. The predicted octanol–water partition coefficient (Wildman–Crippen LogP) is 3.63. The van der Waals surface area contributed by atoms with Crippen LogP contribution < -0.4 is 0 Å². The van der Waals surface area contributed by atoms with Crippen molar-refractivity contribution in [3.8, 4) is 0 Å². The van der Waals surface area contributed by atoms with Crippen LogP contribution in [0.5, 0.6) is 0 Å². The molecule has 7 rings (SSSR count). The molecule has 118 valence electrons. The number of aromatic nitrogens is 3. The Balaban J connectivity index is 1.56. The van der Waals surface area contributed by atoms with E-state index in [2.05, 4.69) is 32.9 Å². The number of aromatic amines is 1. The first-order chi connectivity index (χ1) is 11.2. The van der Waals surface area contributed by atoms with Gasteiger partial charge in [-0.3, -0.25) is 0 Å². The number of hydrogen-bond donors (Lipinski definition) is 2. The van der Waals surface area contributed by atoms with Crippen molar-refractivity contribution in [2.75, 3.05) is 0 Å². The predicted molar refractivity (Wildman–Crippen MR) is 89.1 cm³/mol. The number of nitrogens with zero attached hydrogens (tertiary/aromatic N) is 2. The zero-order valence-electron chi connectivity index (χ0n) is 13.1. The molecule has 4 heteroatoms. The molecular weight excluding hydrogens is 286 g/mol. The molecule has 4 aliphatic carbocycles. The van der Waals surface area contributed by atoms with E-state index in [0.717, 1.165) is 30.8 Å². The van der Waals surface area contributed by atoms with Gasteiger partial charge in [0.15, 0.2) is 0 Å². The van der Waals surface area contributed by atoms with E-state index in [1.165, 1.54) is 29.1 Å². The van der Waals surface area contributed by atoms with Gasteiger partial charge < -0.3 is 14.7 Å². The van der Waals surface area contributed by atoms with E-state index in [4.69, 9.17) is 0 Å². The molecule has 0 amide bonds. The van der Waals surface area contributed by atoms with Gasteiger partial charge in [-0.1, -0.05) is 0 Å². The van der Waals surface area contributed by atoms with E-state index in [9.17, 15) is 5.11 Å². The van der Waals surface area contributed by atoms with Crippen molar-refractivity contribution in [1.29, 1.82) is 0 Å². The quantitative estimate of drug-likeness (QED) is 0.721. The number of H-pyrrole nitrogens is 1. The lowest BCUT2D eigenvalue weighted by molar-refractivity contribution is -0.146. The Morgan fingerprint density at radius 3 is 2.78 bits per heavy atom. The summed E-state index contributed by atoms with van der Waals surface area (Å²) in [6, 6.07) is 4.89. The van der Waals surface area contributed by atoms with Crippen molar-refractivity contribution >= 4 is 21.9 Å². The minimum Gasteiger partial charge on any atom is -0.390 e. The minimum absolute atomic E-state index is 0.360.